The van der Waals surface area contributed by atoms with Gasteiger partial charge in [0.05, 0.1) is 44.7 Å². The summed E-state index contributed by atoms with van der Waals surface area (Å²) in [5.74, 6) is -1.60. The number of carbonyl (C=O) groups excluding carboxylic acids is 2. The summed E-state index contributed by atoms with van der Waals surface area (Å²) in [6.07, 6.45) is 9.24. The Morgan fingerprint density at radius 2 is 1.76 bits per heavy atom. The largest absolute Gasteiger partial charge is 0.459 e. The van der Waals surface area contributed by atoms with Crippen molar-refractivity contribution < 1.29 is 53.4 Å². The van der Waals surface area contributed by atoms with Crippen molar-refractivity contribution in [1.29, 1.82) is 0 Å². The highest BCUT2D eigenvalue weighted by atomic mass is 16.7. The molecule has 0 spiro atoms. The van der Waals surface area contributed by atoms with E-state index in [2.05, 4.69) is 29.7 Å². The molecule has 6 unspecified atom stereocenters. The van der Waals surface area contributed by atoms with Crippen molar-refractivity contribution in [3.63, 3.8) is 0 Å². The first-order valence-electron chi connectivity index (χ1n) is 20.7. The SMILES string of the molecule is C=CCCOC(=O)N(CCOCCO)C1CC(=NOC)C2=CC(CCCCO)C(CCCCO)C3c4cc(OC(=O)NCc5ccccc5)ccc4OC1(OCC=C)C23. The molecule has 0 bridgehead atoms. The number of aliphatic hydroxyl groups excluding tert-OH is 3. The quantitative estimate of drug-likeness (QED) is 0.0534. The van der Waals surface area contributed by atoms with E-state index >= 15 is 0 Å². The minimum atomic E-state index is -1.51. The van der Waals surface area contributed by atoms with Gasteiger partial charge in [0.15, 0.2) is 0 Å². The number of benzene rings is 2. The molecular formula is C45H61N3O11. The van der Waals surface area contributed by atoms with E-state index in [9.17, 15) is 24.9 Å². The first-order valence-corrected chi connectivity index (χ1v) is 20.7. The topological polar surface area (TPSA) is 178 Å². The Labute approximate surface area is 347 Å². The van der Waals surface area contributed by atoms with Crippen molar-refractivity contribution in [2.24, 2.45) is 22.9 Å². The van der Waals surface area contributed by atoms with Crippen molar-refractivity contribution >= 4 is 17.9 Å². The van der Waals surface area contributed by atoms with Crippen molar-refractivity contribution in [2.45, 2.75) is 75.7 Å². The third kappa shape index (κ3) is 11.3. The Hall–Kier alpha value is -4.73. The molecule has 2 aromatic carbocycles. The standard InChI is InChI=1S/C45H61N3O11/c1-4-6-25-56-44(53)48(20-26-55-27-23-51)40-30-38(47-54-3)36-28-33(16-10-12-21-49)35(17-11-13-22-50)41-37-29-34(58-43(52)46-31-32-14-8-7-9-15-32)18-19-39(37)59-45(40,42(36)41)57-24-5-2/h4-5,7-9,14-15,18-19,28-29,33,35,40-42,49-51H,1-2,6,10-13,16-17,20-27,30-31H2,3H3,(H,46,52). The Bertz CT molecular complexity index is 1740. The van der Waals surface area contributed by atoms with Crippen molar-refractivity contribution in [3.05, 3.63) is 96.6 Å². The van der Waals surface area contributed by atoms with Crippen LogP contribution in [-0.2, 0) is 25.6 Å². The van der Waals surface area contributed by atoms with Crippen molar-refractivity contribution in [1.82, 2.24) is 10.2 Å². The van der Waals surface area contributed by atoms with Gasteiger partial charge in [-0.25, -0.2) is 9.59 Å². The zero-order chi connectivity index (χ0) is 42.0. The number of unbranched alkanes of at least 4 members (excludes halogenated alkanes) is 2. The third-order valence-corrected chi connectivity index (χ3v) is 11.2. The highest BCUT2D eigenvalue weighted by molar-refractivity contribution is 6.03. The number of carbonyl (C=O) groups is 2. The van der Waals surface area contributed by atoms with Crippen molar-refractivity contribution in [3.8, 4) is 11.5 Å². The van der Waals surface area contributed by atoms with Crippen molar-refractivity contribution in [2.75, 3.05) is 59.9 Å². The van der Waals surface area contributed by atoms with Crippen LogP contribution in [-0.4, -0.2) is 110 Å². The van der Waals surface area contributed by atoms with Gasteiger partial charge in [0.25, 0.3) is 0 Å². The molecule has 0 aromatic heterocycles. The molecule has 14 nitrogen and oxygen atoms in total. The normalized spacial score (nSPS) is 23.5. The molecule has 2 aromatic rings. The lowest BCUT2D eigenvalue weighted by atomic mass is 9.55. The van der Waals surface area contributed by atoms with Gasteiger partial charge in [-0.2, -0.15) is 0 Å². The van der Waals surface area contributed by atoms with Gasteiger partial charge >= 0.3 is 12.2 Å². The minimum absolute atomic E-state index is 0.0174. The highest BCUT2D eigenvalue weighted by Crippen LogP contribution is 2.62. The van der Waals surface area contributed by atoms with Crippen LogP contribution in [0.4, 0.5) is 9.59 Å². The summed E-state index contributed by atoms with van der Waals surface area (Å²) in [6.45, 7) is 8.40. The fourth-order valence-corrected chi connectivity index (χ4v) is 8.75. The zero-order valence-corrected chi connectivity index (χ0v) is 34.2. The van der Waals surface area contributed by atoms with Crippen LogP contribution in [0.15, 0.2) is 90.6 Å². The summed E-state index contributed by atoms with van der Waals surface area (Å²) in [5.41, 5.74) is 3.21. The van der Waals surface area contributed by atoms with E-state index in [0.717, 1.165) is 42.4 Å². The van der Waals surface area contributed by atoms with Crippen LogP contribution in [0.5, 0.6) is 11.5 Å². The number of hydrogen-bond acceptors (Lipinski definition) is 12. The molecule has 1 heterocycles. The van der Waals surface area contributed by atoms with E-state index < -0.39 is 29.9 Å². The summed E-state index contributed by atoms with van der Waals surface area (Å²) >= 11 is 0. The molecule has 1 saturated carbocycles. The Kier molecular flexibility index (Phi) is 17.8. The number of nitrogens with zero attached hydrogens (tertiary/aromatic N) is 2. The molecule has 6 atom stereocenters. The summed E-state index contributed by atoms with van der Waals surface area (Å²) < 4.78 is 31.5. The molecule has 59 heavy (non-hydrogen) atoms. The molecule has 14 heteroatoms. The van der Waals surface area contributed by atoms with Crippen LogP contribution in [0.2, 0.25) is 0 Å². The number of aliphatic hydroxyl groups is 3. The maximum absolute atomic E-state index is 14.2. The predicted octanol–water partition coefficient (Wildman–Crippen LogP) is 6.26. The van der Waals surface area contributed by atoms with Gasteiger partial charge in [-0.05, 0) is 73.3 Å². The fraction of sp³-hybridized carbons (Fsp3) is 0.533. The van der Waals surface area contributed by atoms with E-state index in [1.807, 2.05) is 36.4 Å². The van der Waals surface area contributed by atoms with E-state index in [-0.39, 0.29) is 77.0 Å². The average molecular weight is 820 g/mol. The summed E-state index contributed by atoms with van der Waals surface area (Å²) in [6, 6.07) is 14.0. The number of amides is 2. The molecule has 0 saturated heterocycles. The maximum atomic E-state index is 14.2. The van der Waals surface area contributed by atoms with Gasteiger partial charge in [-0.1, -0.05) is 66.6 Å². The molecule has 322 valence electrons. The number of oxime groups is 1. The molecule has 1 aliphatic heterocycles. The lowest BCUT2D eigenvalue weighted by molar-refractivity contribution is -0.256. The van der Waals surface area contributed by atoms with Gasteiger partial charge in [-0.15, -0.1) is 13.2 Å². The van der Waals surface area contributed by atoms with Crippen LogP contribution in [0, 0.1) is 17.8 Å². The fourth-order valence-electron chi connectivity index (χ4n) is 8.75. The molecule has 2 amide bonds. The second kappa shape index (κ2) is 23.2. The molecule has 5 rings (SSSR count). The maximum Gasteiger partial charge on any atom is 0.412 e. The molecule has 1 fully saturated rings. The molecule has 3 aliphatic rings. The number of nitrogens with one attached hydrogen (secondary N) is 1. The lowest BCUT2D eigenvalue weighted by Gasteiger charge is -2.59. The van der Waals surface area contributed by atoms with Gasteiger partial charge in [-0.3, -0.25) is 4.90 Å². The molecule has 0 radical (unpaired) electrons. The lowest BCUT2D eigenvalue weighted by Crippen LogP contribution is -2.70. The Balaban J connectivity index is 1.68. The monoisotopic (exact) mass is 819 g/mol. The number of fused-ring (bicyclic) bond motifs is 2. The minimum Gasteiger partial charge on any atom is -0.459 e. The Morgan fingerprint density at radius 1 is 0.983 bits per heavy atom. The van der Waals surface area contributed by atoms with E-state index in [1.54, 1.807) is 29.2 Å². The zero-order valence-electron chi connectivity index (χ0n) is 34.2. The van der Waals surface area contributed by atoms with Crippen LogP contribution in [0.25, 0.3) is 0 Å². The number of rotatable bonds is 24. The molecule has 4 N–H and O–H groups in total. The van der Waals surface area contributed by atoms with Gasteiger partial charge in [0, 0.05) is 44.2 Å². The van der Waals surface area contributed by atoms with Gasteiger partial charge in [0.2, 0.25) is 5.79 Å². The van der Waals surface area contributed by atoms with Crippen LogP contribution in [0.1, 0.15) is 68.4 Å². The summed E-state index contributed by atoms with van der Waals surface area (Å²) in [5, 5.41) is 36.6. The number of hydrogen-bond donors (Lipinski definition) is 4. The molecule has 2 aliphatic carbocycles. The summed E-state index contributed by atoms with van der Waals surface area (Å²) in [4.78, 5) is 34.4. The molecular weight excluding hydrogens is 759 g/mol. The average Bonchev–Trinajstić information content (AvgIpc) is 3.24. The first kappa shape index (κ1) is 45.4. The first-order chi connectivity index (χ1) is 28.8. The number of ether oxygens (including phenoxy) is 5. The van der Waals surface area contributed by atoms with Gasteiger partial charge in [0.1, 0.15) is 24.7 Å². The summed E-state index contributed by atoms with van der Waals surface area (Å²) in [7, 11) is 1.48. The van der Waals surface area contributed by atoms with E-state index in [4.69, 9.17) is 28.5 Å². The second-order valence-electron chi connectivity index (χ2n) is 14.9. The van der Waals surface area contributed by atoms with Gasteiger partial charge < -0.3 is 49.2 Å². The van der Waals surface area contributed by atoms with E-state index in [0.29, 0.717) is 43.0 Å². The van der Waals surface area contributed by atoms with Crippen LogP contribution in [0.3, 0.4) is 0 Å². The van der Waals surface area contributed by atoms with Crippen LogP contribution < -0.4 is 14.8 Å². The highest BCUT2D eigenvalue weighted by Gasteiger charge is 2.65. The second-order valence-corrected chi connectivity index (χ2v) is 14.9. The smallest absolute Gasteiger partial charge is 0.412 e. The number of allylic oxidation sites excluding steroid dienone is 1. The van der Waals surface area contributed by atoms with E-state index in [1.165, 1.54) is 7.11 Å². The third-order valence-electron chi connectivity index (χ3n) is 11.2. The Morgan fingerprint density at radius 3 is 2.47 bits per heavy atom. The predicted molar refractivity (Wildman–Crippen MR) is 222 cm³/mol. The van der Waals surface area contributed by atoms with Crippen LogP contribution >= 0.6 is 0 Å².